The summed E-state index contributed by atoms with van der Waals surface area (Å²) in [6.45, 7) is 0.384. The van der Waals surface area contributed by atoms with Gasteiger partial charge in [-0.25, -0.2) is 4.98 Å². The molecule has 0 saturated carbocycles. The average molecular weight is 509 g/mol. The highest BCUT2D eigenvalue weighted by atomic mass is 32.2. The number of nitrogens with two attached hydrogens (primary N) is 1. The van der Waals surface area contributed by atoms with Crippen molar-refractivity contribution in [2.24, 2.45) is 5.73 Å². The van der Waals surface area contributed by atoms with E-state index in [-0.39, 0.29) is 10.5 Å². The number of H-pyrrole nitrogens is 1. The van der Waals surface area contributed by atoms with Gasteiger partial charge in [0, 0.05) is 34.0 Å². The molecule has 9 nitrogen and oxygen atoms in total. The molecule has 182 valence electrons. The molecule has 4 N–H and O–H groups in total. The minimum atomic E-state index is -2.33. The largest absolute Gasteiger partial charge is 0.768 e. The predicted octanol–water partition coefficient (Wildman–Crippen LogP) is 2.83. The molecule has 0 aliphatic rings. The van der Waals surface area contributed by atoms with Gasteiger partial charge in [0.05, 0.1) is 28.7 Å². The Labute approximate surface area is 213 Å². The lowest BCUT2D eigenvalue weighted by Crippen LogP contribution is -2.11. The van der Waals surface area contributed by atoms with E-state index in [1.807, 2.05) is 36.4 Å². The van der Waals surface area contributed by atoms with E-state index >= 15 is 0 Å². The molecule has 5 rings (SSSR count). The van der Waals surface area contributed by atoms with Crippen molar-refractivity contribution in [3.05, 3.63) is 94.7 Å². The average Bonchev–Trinajstić information content (AvgIpc) is 2.91. The Morgan fingerprint density at radius 1 is 1.08 bits per heavy atom. The normalized spacial score (nSPS) is 11.6. The highest BCUT2D eigenvalue weighted by Gasteiger charge is 2.15. The van der Waals surface area contributed by atoms with Crippen LogP contribution in [0.1, 0.15) is 11.3 Å². The molecule has 3 aromatic heterocycles. The van der Waals surface area contributed by atoms with E-state index in [1.165, 1.54) is 18.3 Å². The van der Waals surface area contributed by atoms with Crippen molar-refractivity contribution in [3.8, 4) is 23.0 Å². The minimum Gasteiger partial charge on any atom is -0.768 e. The Balaban J connectivity index is 1.74. The fourth-order valence-corrected chi connectivity index (χ4v) is 4.35. The molecule has 2 aromatic carbocycles. The predicted molar refractivity (Wildman–Crippen MR) is 140 cm³/mol. The quantitative estimate of drug-likeness (QED) is 0.187. The van der Waals surface area contributed by atoms with E-state index in [1.54, 1.807) is 18.3 Å². The van der Waals surface area contributed by atoms with Crippen LogP contribution in [-0.4, -0.2) is 29.6 Å². The van der Waals surface area contributed by atoms with E-state index in [2.05, 4.69) is 27.1 Å². The summed E-state index contributed by atoms with van der Waals surface area (Å²) in [4.78, 5) is 36.2. The molecule has 1 atom stereocenters. The molecule has 3 heterocycles. The SMILES string of the molecule is NC(=O)C#Cc1c[nH]c(=O)c2c1nc(NCc1ccccn1)c1ccc(-c3ccc(S(=O)[O-])cc3)cc12. The summed E-state index contributed by atoms with van der Waals surface area (Å²) >= 11 is -2.33. The maximum atomic E-state index is 13.0. The van der Waals surface area contributed by atoms with Crippen LogP contribution < -0.4 is 16.6 Å². The van der Waals surface area contributed by atoms with Crippen molar-refractivity contribution in [2.45, 2.75) is 11.4 Å². The molecule has 10 heteroatoms. The van der Waals surface area contributed by atoms with Crippen LogP contribution in [0.3, 0.4) is 0 Å². The number of aromatic amines is 1. The van der Waals surface area contributed by atoms with Crippen molar-refractivity contribution in [1.82, 2.24) is 15.0 Å². The van der Waals surface area contributed by atoms with Gasteiger partial charge in [-0.2, -0.15) is 0 Å². The van der Waals surface area contributed by atoms with Crippen LogP contribution in [-0.2, 0) is 22.4 Å². The molecule has 0 fully saturated rings. The summed E-state index contributed by atoms with van der Waals surface area (Å²) in [5.41, 5.74) is 7.80. The molecule has 1 amide bonds. The third-order valence-corrected chi connectivity index (χ3v) is 6.35. The molecule has 0 spiro atoms. The first kappa shape index (κ1) is 23.9. The number of carbonyl (C=O) groups is 1. The van der Waals surface area contributed by atoms with Crippen LogP contribution >= 0.6 is 0 Å². The van der Waals surface area contributed by atoms with Gasteiger partial charge in [0.25, 0.3) is 11.5 Å². The number of rotatable bonds is 5. The smallest absolute Gasteiger partial charge is 0.293 e. The maximum absolute atomic E-state index is 13.0. The van der Waals surface area contributed by atoms with Gasteiger partial charge >= 0.3 is 0 Å². The first-order valence-electron chi connectivity index (χ1n) is 11.0. The van der Waals surface area contributed by atoms with Crippen molar-refractivity contribution in [3.63, 3.8) is 0 Å². The third kappa shape index (κ3) is 4.95. The Kier molecular flexibility index (Phi) is 6.47. The molecular formula is C27H18N5O4S-. The van der Waals surface area contributed by atoms with E-state index in [0.29, 0.717) is 39.6 Å². The number of carbonyl (C=O) groups excluding carboxylic acids is 1. The van der Waals surface area contributed by atoms with Gasteiger partial charge in [0.2, 0.25) is 0 Å². The number of nitrogens with one attached hydrogen (secondary N) is 2. The van der Waals surface area contributed by atoms with E-state index in [0.717, 1.165) is 16.8 Å². The number of primary amides is 1. The number of fused-ring (bicyclic) bond motifs is 3. The molecular weight excluding hydrogens is 490 g/mol. The second-order valence-corrected chi connectivity index (χ2v) is 8.96. The fraction of sp³-hybridized carbons (Fsp3) is 0.0370. The van der Waals surface area contributed by atoms with Crippen molar-refractivity contribution in [2.75, 3.05) is 5.32 Å². The minimum absolute atomic E-state index is 0.175. The number of aromatic nitrogens is 3. The number of nitrogens with zero attached hydrogens (tertiary/aromatic N) is 2. The fourth-order valence-electron chi connectivity index (χ4n) is 3.99. The molecule has 0 saturated heterocycles. The van der Waals surface area contributed by atoms with E-state index in [4.69, 9.17) is 10.7 Å². The first-order chi connectivity index (χ1) is 17.9. The first-order valence-corrected chi connectivity index (χ1v) is 12.1. The molecule has 0 radical (unpaired) electrons. The lowest BCUT2D eigenvalue weighted by atomic mass is 9.98. The number of hydrogen-bond acceptors (Lipinski definition) is 7. The highest BCUT2D eigenvalue weighted by Crippen LogP contribution is 2.33. The van der Waals surface area contributed by atoms with Crippen LogP contribution in [0.2, 0.25) is 0 Å². The zero-order chi connectivity index (χ0) is 25.9. The van der Waals surface area contributed by atoms with Gasteiger partial charge in [-0.05, 0) is 52.5 Å². The Morgan fingerprint density at radius 2 is 1.86 bits per heavy atom. The van der Waals surface area contributed by atoms with Gasteiger partial charge in [-0.15, -0.1) is 0 Å². The number of pyridine rings is 3. The van der Waals surface area contributed by atoms with Gasteiger partial charge in [-0.3, -0.25) is 18.8 Å². The standard InChI is InChI=1S/C27H19N5O4S/c28-23(33)11-7-18-14-31-27(34)24-22-13-17(16-4-8-20(9-5-16)37(35)36)6-10-21(22)26(32-25(18)24)30-15-19-3-1-2-12-29-19/h1-6,8-10,12-14H,15H2,(H2,28,33)(H,30,32)(H,31,34)(H,35,36)/p-1. The topological polar surface area (TPSA) is 154 Å². The van der Waals surface area contributed by atoms with Gasteiger partial charge in [0.1, 0.15) is 5.82 Å². The Bertz CT molecular complexity index is 1810. The maximum Gasteiger partial charge on any atom is 0.293 e. The number of anilines is 1. The second kappa shape index (κ2) is 10.0. The number of hydrogen-bond donors (Lipinski definition) is 3. The summed E-state index contributed by atoms with van der Waals surface area (Å²) in [6.07, 6.45) is 3.09. The lowest BCUT2D eigenvalue weighted by Gasteiger charge is -2.14. The number of benzene rings is 2. The van der Waals surface area contributed by atoms with Crippen molar-refractivity contribution < 1.29 is 13.6 Å². The highest BCUT2D eigenvalue weighted by molar-refractivity contribution is 7.79. The summed E-state index contributed by atoms with van der Waals surface area (Å²) in [5.74, 6) is 4.68. The lowest BCUT2D eigenvalue weighted by molar-refractivity contribution is -0.112. The second-order valence-electron chi connectivity index (χ2n) is 8.02. The van der Waals surface area contributed by atoms with Crippen LogP contribution in [0.15, 0.2) is 82.7 Å². The zero-order valence-corrected chi connectivity index (χ0v) is 20.0. The van der Waals surface area contributed by atoms with E-state index < -0.39 is 17.0 Å². The van der Waals surface area contributed by atoms with Crippen LogP contribution in [0, 0.1) is 11.8 Å². The molecule has 37 heavy (non-hydrogen) atoms. The van der Waals surface area contributed by atoms with E-state index in [9.17, 15) is 18.4 Å². The molecule has 0 aliphatic carbocycles. The zero-order valence-electron chi connectivity index (χ0n) is 19.1. The van der Waals surface area contributed by atoms with Crippen molar-refractivity contribution >= 4 is 44.5 Å². The Morgan fingerprint density at radius 3 is 2.57 bits per heavy atom. The molecule has 1 unspecified atom stereocenters. The van der Waals surface area contributed by atoms with Gasteiger partial charge in [-0.1, -0.05) is 36.3 Å². The summed E-state index contributed by atoms with van der Waals surface area (Å²) in [6, 6.07) is 17.6. The van der Waals surface area contributed by atoms with Crippen molar-refractivity contribution in [1.29, 1.82) is 0 Å². The van der Waals surface area contributed by atoms with Gasteiger partial charge < -0.3 is 20.6 Å². The summed E-state index contributed by atoms with van der Waals surface area (Å²) < 4.78 is 22.5. The Hall–Kier alpha value is -4.85. The van der Waals surface area contributed by atoms with Crippen LogP contribution in [0.25, 0.3) is 32.8 Å². The molecule has 0 aliphatic heterocycles. The monoisotopic (exact) mass is 508 g/mol. The van der Waals surface area contributed by atoms with Crippen LogP contribution in [0.4, 0.5) is 5.82 Å². The van der Waals surface area contributed by atoms with Gasteiger partial charge in [0.15, 0.2) is 0 Å². The molecule has 5 aromatic rings. The summed E-state index contributed by atoms with van der Waals surface area (Å²) in [7, 11) is 0. The third-order valence-electron chi connectivity index (χ3n) is 5.70. The molecule has 0 bridgehead atoms. The number of amides is 1. The summed E-state index contributed by atoms with van der Waals surface area (Å²) in [5, 5.41) is 4.89. The van der Waals surface area contributed by atoms with Crippen LogP contribution in [0.5, 0.6) is 0 Å².